The summed E-state index contributed by atoms with van der Waals surface area (Å²) < 4.78 is 16.4. The highest BCUT2D eigenvalue weighted by molar-refractivity contribution is 6.20. The fourth-order valence-electron chi connectivity index (χ4n) is 4.16. The molecule has 0 spiro atoms. The van der Waals surface area contributed by atoms with Gasteiger partial charge in [0, 0.05) is 17.3 Å². The van der Waals surface area contributed by atoms with Crippen LogP contribution in [0.4, 0.5) is 5.69 Å². The van der Waals surface area contributed by atoms with Gasteiger partial charge in [-0.2, -0.15) is 0 Å². The summed E-state index contributed by atoms with van der Waals surface area (Å²) in [6.45, 7) is 2.38. The molecule has 7 heteroatoms. The number of hydrogen-bond donors (Lipinski definition) is 1. The summed E-state index contributed by atoms with van der Waals surface area (Å²) in [5.41, 5.74) is 1.80. The zero-order valence-corrected chi connectivity index (χ0v) is 20.3. The predicted octanol–water partition coefficient (Wildman–Crippen LogP) is 5.29. The van der Waals surface area contributed by atoms with Gasteiger partial charge in [0.15, 0.2) is 11.5 Å². The van der Waals surface area contributed by atoms with Gasteiger partial charge in [-0.15, -0.1) is 0 Å². The van der Waals surface area contributed by atoms with E-state index in [0.29, 0.717) is 35.1 Å². The number of allylic oxidation sites excluding steroid dienone is 1. The highest BCUT2D eigenvalue weighted by atomic mass is 16.5. The highest BCUT2D eigenvalue weighted by Gasteiger charge is 2.45. The van der Waals surface area contributed by atoms with E-state index >= 15 is 0 Å². The third-order valence-corrected chi connectivity index (χ3v) is 5.86. The number of ether oxygens (including phenoxy) is 3. The molecule has 0 saturated carbocycles. The molecule has 0 aromatic heterocycles. The smallest absolute Gasteiger partial charge is 0.294 e. The van der Waals surface area contributed by atoms with E-state index in [4.69, 9.17) is 14.2 Å². The number of carbonyl (C=O) groups excluding carboxylic acids is 2. The number of nitrogens with zero attached hydrogens (tertiary/aromatic N) is 1. The van der Waals surface area contributed by atoms with E-state index in [1.165, 1.54) is 25.2 Å². The molecule has 3 aromatic carbocycles. The topological polar surface area (TPSA) is 85.3 Å². The maximum Gasteiger partial charge on any atom is 0.294 e. The molecule has 1 N–H and O–H groups in total. The number of aliphatic hydroxyl groups is 1. The zero-order valence-electron chi connectivity index (χ0n) is 20.3. The number of aliphatic hydroxyl groups excluding tert-OH is 1. The van der Waals surface area contributed by atoms with Crippen LogP contribution in [0.3, 0.4) is 0 Å². The standard InChI is InChI=1S/C29H27NO6/c1-4-36-21-13-11-20(12-14-21)30-27(23-16-15-22(34-2)18-25(23)35-3)26(28(32)29(30)33)24(31)17-10-19-8-6-5-7-9-19/h5-18,27,32H,4H2,1-3H3/b17-10+/t27-/m0/s1. The van der Waals surface area contributed by atoms with Crippen LogP contribution in [-0.4, -0.2) is 37.6 Å². The van der Waals surface area contributed by atoms with Crippen molar-refractivity contribution < 1.29 is 28.9 Å². The highest BCUT2D eigenvalue weighted by Crippen LogP contribution is 2.45. The third-order valence-electron chi connectivity index (χ3n) is 5.86. The molecule has 3 aromatic rings. The predicted molar refractivity (Wildman–Crippen MR) is 138 cm³/mol. The van der Waals surface area contributed by atoms with Crippen LogP contribution in [0.1, 0.15) is 24.1 Å². The molecular formula is C29H27NO6. The molecular weight excluding hydrogens is 458 g/mol. The van der Waals surface area contributed by atoms with Crippen LogP contribution in [0, 0.1) is 0 Å². The summed E-state index contributed by atoms with van der Waals surface area (Å²) >= 11 is 0. The van der Waals surface area contributed by atoms with Crippen LogP contribution >= 0.6 is 0 Å². The van der Waals surface area contributed by atoms with Crippen molar-refractivity contribution in [2.45, 2.75) is 13.0 Å². The van der Waals surface area contributed by atoms with Crippen LogP contribution in [0.15, 0.2) is 90.2 Å². The maximum atomic E-state index is 13.4. The monoisotopic (exact) mass is 485 g/mol. The van der Waals surface area contributed by atoms with E-state index in [9.17, 15) is 14.7 Å². The first-order valence-electron chi connectivity index (χ1n) is 11.5. The molecule has 0 fully saturated rings. The summed E-state index contributed by atoms with van der Waals surface area (Å²) in [5.74, 6) is -0.160. The van der Waals surface area contributed by atoms with Crippen molar-refractivity contribution in [1.29, 1.82) is 0 Å². The van der Waals surface area contributed by atoms with Gasteiger partial charge in [0.2, 0.25) is 0 Å². The Hall–Kier alpha value is -4.52. The summed E-state index contributed by atoms with van der Waals surface area (Å²) in [7, 11) is 3.03. The van der Waals surface area contributed by atoms with Crippen molar-refractivity contribution in [3.05, 3.63) is 101 Å². The molecule has 1 atom stereocenters. The normalized spacial score (nSPS) is 15.5. The minimum absolute atomic E-state index is 0.0375. The SMILES string of the molecule is CCOc1ccc(N2C(=O)C(O)=C(C(=O)/C=C/c3ccccc3)[C@@H]2c2ccc(OC)cc2OC)cc1. The van der Waals surface area contributed by atoms with Gasteiger partial charge >= 0.3 is 0 Å². The Morgan fingerprint density at radius 2 is 1.67 bits per heavy atom. The largest absolute Gasteiger partial charge is 0.503 e. The van der Waals surface area contributed by atoms with Crippen LogP contribution in [-0.2, 0) is 9.59 Å². The van der Waals surface area contributed by atoms with E-state index in [-0.39, 0.29) is 5.57 Å². The maximum absolute atomic E-state index is 13.4. The van der Waals surface area contributed by atoms with E-state index in [1.54, 1.807) is 48.5 Å². The molecule has 184 valence electrons. The number of carbonyl (C=O) groups is 2. The van der Waals surface area contributed by atoms with E-state index in [2.05, 4.69) is 0 Å². The molecule has 1 heterocycles. The quantitative estimate of drug-likeness (QED) is 0.415. The van der Waals surface area contributed by atoms with Gasteiger partial charge in [0.25, 0.3) is 5.91 Å². The molecule has 0 radical (unpaired) electrons. The molecule has 36 heavy (non-hydrogen) atoms. The molecule has 4 rings (SSSR count). The minimum atomic E-state index is -0.927. The molecule has 0 unspecified atom stereocenters. The Kier molecular flexibility index (Phi) is 7.39. The van der Waals surface area contributed by atoms with Crippen LogP contribution in [0.25, 0.3) is 6.08 Å². The number of benzene rings is 3. The van der Waals surface area contributed by atoms with Crippen molar-refractivity contribution in [2.24, 2.45) is 0 Å². The molecule has 0 bridgehead atoms. The number of amides is 1. The lowest BCUT2D eigenvalue weighted by molar-refractivity contribution is -0.117. The van der Waals surface area contributed by atoms with Crippen molar-refractivity contribution in [3.8, 4) is 17.2 Å². The van der Waals surface area contributed by atoms with Gasteiger partial charge in [-0.1, -0.05) is 36.4 Å². The average molecular weight is 486 g/mol. The Labute approximate surface area is 209 Å². The van der Waals surface area contributed by atoms with Crippen molar-refractivity contribution in [1.82, 2.24) is 0 Å². The fourth-order valence-corrected chi connectivity index (χ4v) is 4.16. The second-order valence-electron chi connectivity index (χ2n) is 7.98. The molecule has 0 aliphatic carbocycles. The molecule has 1 aliphatic heterocycles. The number of methoxy groups -OCH3 is 2. The van der Waals surface area contributed by atoms with Gasteiger partial charge in [0.1, 0.15) is 17.2 Å². The van der Waals surface area contributed by atoms with Crippen molar-refractivity contribution in [2.75, 3.05) is 25.7 Å². The summed E-state index contributed by atoms with van der Waals surface area (Å²) in [6, 6.07) is 20.4. The molecule has 1 amide bonds. The van der Waals surface area contributed by atoms with Gasteiger partial charge < -0.3 is 19.3 Å². The average Bonchev–Trinajstić information content (AvgIpc) is 3.18. The van der Waals surface area contributed by atoms with Crippen molar-refractivity contribution in [3.63, 3.8) is 0 Å². The fraction of sp³-hybridized carbons (Fsp3) is 0.172. The van der Waals surface area contributed by atoms with Crippen LogP contribution < -0.4 is 19.1 Å². The number of hydrogen-bond acceptors (Lipinski definition) is 6. The van der Waals surface area contributed by atoms with Crippen LogP contribution in [0.5, 0.6) is 17.2 Å². The first kappa shape index (κ1) is 24.6. The summed E-state index contributed by atoms with van der Waals surface area (Å²) in [4.78, 5) is 28.2. The first-order valence-corrected chi connectivity index (χ1v) is 11.5. The van der Waals surface area contributed by atoms with Gasteiger partial charge in [0.05, 0.1) is 32.4 Å². The summed E-state index contributed by atoms with van der Waals surface area (Å²) in [6.07, 6.45) is 3.01. The van der Waals surface area contributed by atoms with E-state index in [1.807, 2.05) is 37.3 Å². The Morgan fingerprint density at radius 3 is 2.31 bits per heavy atom. The number of rotatable bonds is 9. The van der Waals surface area contributed by atoms with Gasteiger partial charge in [-0.25, -0.2) is 0 Å². The lowest BCUT2D eigenvalue weighted by Crippen LogP contribution is -2.31. The molecule has 1 aliphatic rings. The molecule has 7 nitrogen and oxygen atoms in total. The number of anilines is 1. The second kappa shape index (κ2) is 10.8. The lowest BCUT2D eigenvalue weighted by Gasteiger charge is -2.28. The lowest BCUT2D eigenvalue weighted by atomic mass is 9.94. The van der Waals surface area contributed by atoms with E-state index in [0.717, 1.165) is 5.56 Å². The Bertz CT molecular complexity index is 1310. The van der Waals surface area contributed by atoms with Gasteiger partial charge in [-0.3, -0.25) is 14.5 Å². The Morgan fingerprint density at radius 1 is 0.972 bits per heavy atom. The first-order chi connectivity index (χ1) is 17.5. The molecule has 0 saturated heterocycles. The van der Waals surface area contributed by atoms with Gasteiger partial charge in [-0.05, 0) is 55.0 Å². The minimum Gasteiger partial charge on any atom is -0.503 e. The summed E-state index contributed by atoms with van der Waals surface area (Å²) in [5, 5.41) is 10.9. The van der Waals surface area contributed by atoms with Crippen molar-refractivity contribution >= 4 is 23.5 Å². The number of ketones is 1. The van der Waals surface area contributed by atoms with Crippen LogP contribution in [0.2, 0.25) is 0 Å². The zero-order chi connectivity index (χ0) is 25.7. The Balaban J connectivity index is 1.82. The third kappa shape index (κ3) is 4.81. The second-order valence-corrected chi connectivity index (χ2v) is 7.98. The van der Waals surface area contributed by atoms with E-state index < -0.39 is 23.5 Å².